The molecule has 2 N–H and O–H groups in total. The van der Waals surface area contributed by atoms with Crippen molar-refractivity contribution in [2.24, 2.45) is 0 Å². The van der Waals surface area contributed by atoms with Crippen LogP contribution in [0.2, 0.25) is 0 Å². The highest BCUT2D eigenvalue weighted by molar-refractivity contribution is 5.86. The van der Waals surface area contributed by atoms with Gasteiger partial charge in [0.2, 0.25) is 0 Å². The molecule has 6 aromatic rings. The number of benzene rings is 4. The molecule has 12 nitrogen and oxygen atoms in total. The number of ether oxygens (including phenoxy) is 1. The highest BCUT2D eigenvalue weighted by Crippen LogP contribution is 2.36. The van der Waals surface area contributed by atoms with Crippen LogP contribution < -0.4 is 25.4 Å². The van der Waals surface area contributed by atoms with Crippen molar-refractivity contribution >= 4 is 34.1 Å². The number of carbonyl (C=O) groups excluding carboxylic acids is 1. The highest BCUT2D eigenvalue weighted by atomic mass is 19.1. The fourth-order valence-electron chi connectivity index (χ4n) is 6.39. The Hall–Kier alpha value is -6.15. The topological polar surface area (TPSA) is 131 Å². The van der Waals surface area contributed by atoms with E-state index in [2.05, 4.69) is 30.2 Å². The number of aromatic nitrogens is 5. The highest BCUT2D eigenvalue weighted by Gasteiger charge is 2.41. The van der Waals surface area contributed by atoms with Gasteiger partial charge in [0.1, 0.15) is 35.6 Å². The maximum Gasteiger partial charge on any atom is 0.417 e. The normalized spacial score (nSPS) is 15.0. The standard InChI is InChI=1S/C37H34F2N8O4/c1-25(37(50,21-46-23-40-22-42-46)32-14-7-26(38)19-33(32)39)47-24-41-34-20-29(12-13-31(34)35(47)48)45-17-15-44(16-18-45)28-10-8-27(9-11-28)43-36(49)51-30-5-3-2-4-6-30/h2-14,19-20,22-25,50H,15-18,21H2,1H3,(H,43,49)/t25-,37-/m1/s1. The second kappa shape index (κ2) is 14.0. The fraction of sp³-hybridized carbons (Fsp3) is 0.216. The lowest BCUT2D eigenvalue weighted by molar-refractivity contribution is -0.0343. The summed E-state index contributed by atoms with van der Waals surface area (Å²) < 4.78 is 36.8. The lowest BCUT2D eigenvalue weighted by atomic mass is 9.86. The second-order valence-corrected chi connectivity index (χ2v) is 12.3. The molecule has 3 heterocycles. The third-order valence-electron chi connectivity index (χ3n) is 9.22. The van der Waals surface area contributed by atoms with Gasteiger partial charge in [0.25, 0.3) is 5.56 Å². The predicted molar refractivity (Wildman–Crippen MR) is 188 cm³/mol. The molecule has 1 aliphatic rings. The third-order valence-corrected chi connectivity index (χ3v) is 9.22. The van der Waals surface area contributed by atoms with Gasteiger partial charge >= 0.3 is 6.09 Å². The van der Waals surface area contributed by atoms with E-state index >= 15 is 4.39 Å². The van der Waals surface area contributed by atoms with Gasteiger partial charge in [-0.3, -0.25) is 14.7 Å². The van der Waals surface area contributed by atoms with E-state index in [1.54, 1.807) is 37.3 Å². The molecule has 1 aliphatic heterocycles. The first-order valence-corrected chi connectivity index (χ1v) is 16.3. The molecule has 4 aromatic carbocycles. The number of rotatable bonds is 9. The molecule has 0 radical (unpaired) electrons. The molecule has 0 unspecified atom stereocenters. The van der Waals surface area contributed by atoms with Crippen molar-refractivity contribution in [2.45, 2.75) is 25.1 Å². The van der Waals surface area contributed by atoms with Crippen molar-refractivity contribution in [3.8, 4) is 5.75 Å². The maximum absolute atomic E-state index is 15.1. The number of piperazine rings is 1. The lowest BCUT2D eigenvalue weighted by Gasteiger charge is -2.37. The summed E-state index contributed by atoms with van der Waals surface area (Å²) in [7, 11) is 0. The van der Waals surface area contributed by atoms with Crippen LogP contribution in [-0.2, 0) is 12.1 Å². The van der Waals surface area contributed by atoms with Crippen LogP contribution in [0.25, 0.3) is 10.9 Å². The predicted octanol–water partition coefficient (Wildman–Crippen LogP) is 5.35. The number of para-hydroxylation sites is 1. The molecule has 0 bridgehead atoms. The average Bonchev–Trinajstić information content (AvgIpc) is 3.65. The molecule has 2 aromatic heterocycles. The van der Waals surface area contributed by atoms with Crippen molar-refractivity contribution in [3.05, 3.63) is 138 Å². The minimum absolute atomic E-state index is 0.190. The zero-order chi connectivity index (χ0) is 35.5. The Morgan fingerprint density at radius 1 is 0.922 bits per heavy atom. The van der Waals surface area contributed by atoms with Crippen LogP contribution >= 0.6 is 0 Å². The first-order valence-electron chi connectivity index (χ1n) is 16.3. The summed E-state index contributed by atoms with van der Waals surface area (Å²) in [5, 5.41) is 19.1. The summed E-state index contributed by atoms with van der Waals surface area (Å²) in [6.07, 6.45) is 3.41. The largest absolute Gasteiger partial charge is 0.417 e. The van der Waals surface area contributed by atoms with E-state index in [1.807, 2.05) is 42.5 Å². The molecule has 0 saturated carbocycles. The SMILES string of the molecule is C[C@@H](n1cnc2cc(N3CCN(c4ccc(NC(=O)Oc5ccccc5)cc4)CC3)ccc2c1=O)[C@](O)(Cn1cncn1)c1ccc(F)cc1F. The molecule has 1 amide bonds. The summed E-state index contributed by atoms with van der Waals surface area (Å²) in [6.45, 7) is 4.27. The lowest BCUT2D eigenvalue weighted by Crippen LogP contribution is -2.46. The van der Waals surface area contributed by atoms with Crippen molar-refractivity contribution in [2.75, 3.05) is 41.3 Å². The Morgan fingerprint density at radius 2 is 1.63 bits per heavy atom. The number of nitrogens with one attached hydrogen (secondary N) is 1. The molecule has 1 saturated heterocycles. The molecule has 260 valence electrons. The van der Waals surface area contributed by atoms with E-state index in [0.717, 1.165) is 43.6 Å². The van der Waals surface area contributed by atoms with Crippen molar-refractivity contribution in [3.63, 3.8) is 0 Å². The molecule has 0 spiro atoms. The smallest absolute Gasteiger partial charge is 0.410 e. The number of anilines is 3. The van der Waals surface area contributed by atoms with Gasteiger partial charge in [-0.25, -0.2) is 28.2 Å². The monoisotopic (exact) mass is 692 g/mol. The van der Waals surface area contributed by atoms with Crippen LogP contribution in [0.1, 0.15) is 18.5 Å². The maximum atomic E-state index is 15.1. The molecule has 51 heavy (non-hydrogen) atoms. The van der Waals surface area contributed by atoms with Crippen molar-refractivity contribution in [1.29, 1.82) is 0 Å². The number of carbonyl (C=O) groups is 1. The summed E-state index contributed by atoms with van der Waals surface area (Å²) >= 11 is 0. The summed E-state index contributed by atoms with van der Waals surface area (Å²) in [5.41, 5.74) is 0.403. The minimum atomic E-state index is -2.02. The molecule has 0 aliphatic carbocycles. The Labute approximate surface area is 291 Å². The van der Waals surface area contributed by atoms with Crippen molar-refractivity contribution in [1.82, 2.24) is 24.3 Å². The van der Waals surface area contributed by atoms with E-state index in [-0.39, 0.29) is 12.1 Å². The molecule has 1 fully saturated rings. The average molecular weight is 693 g/mol. The zero-order valence-electron chi connectivity index (χ0n) is 27.6. The Morgan fingerprint density at radius 3 is 2.31 bits per heavy atom. The molecular weight excluding hydrogens is 658 g/mol. The number of halogens is 2. The van der Waals surface area contributed by atoms with Crippen LogP contribution in [0.4, 0.5) is 30.6 Å². The number of hydrogen-bond acceptors (Lipinski definition) is 9. The van der Waals surface area contributed by atoms with E-state index < -0.39 is 34.9 Å². The molecular formula is C37H34F2N8O4. The van der Waals surface area contributed by atoms with Crippen LogP contribution in [0.5, 0.6) is 5.75 Å². The number of nitrogens with zero attached hydrogens (tertiary/aromatic N) is 7. The minimum Gasteiger partial charge on any atom is -0.410 e. The first-order chi connectivity index (χ1) is 24.7. The summed E-state index contributed by atoms with van der Waals surface area (Å²) in [5.74, 6) is -1.28. The Balaban J connectivity index is 1.04. The van der Waals surface area contributed by atoms with E-state index in [1.165, 1.54) is 34.3 Å². The fourth-order valence-corrected chi connectivity index (χ4v) is 6.39. The molecule has 2 atom stereocenters. The van der Waals surface area contributed by atoms with Gasteiger partial charge in [-0.1, -0.05) is 24.3 Å². The summed E-state index contributed by atoms with van der Waals surface area (Å²) in [4.78, 5) is 39.0. The number of aliphatic hydroxyl groups is 1. The zero-order valence-corrected chi connectivity index (χ0v) is 27.6. The van der Waals surface area contributed by atoms with E-state index in [0.29, 0.717) is 28.4 Å². The number of fused-ring (bicyclic) bond motifs is 1. The second-order valence-electron chi connectivity index (χ2n) is 12.3. The van der Waals surface area contributed by atoms with Crippen molar-refractivity contribution < 1.29 is 23.4 Å². The quantitative estimate of drug-likeness (QED) is 0.206. The van der Waals surface area contributed by atoms with Crippen LogP contribution in [0.3, 0.4) is 0 Å². The number of hydrogen-bond donors (Lipinski definition) is 2. The molecule has 7 rings (SSSR count). The van der Waals surface area contributed by atoms with Gasteiger partial charge in [0, 0.05) is 54.9 Å². The van der Waals surface area contributed by atoms with Crippen LogP contribution in [0.15, 0.2) is 115 Å². The Kier molecular flexibility index (Phi) is 9.15. The van der Waals surface area contributed by atoms with Crippen LogP contribution in [0, 0.1) is 11.6 Å². The number of amides is 1. The van der Waals surface area contributed by atoms with Gasteiger partial charge in [-0.2, -0.15) is 5.10 Å². The van der Waals surface area contributed by atoms with Gasteiger partial charge in [0.05, 0.1) is 29.8 Å². The summed E-state index contributed by atoms with van der Waals surface area (Å²) in [6, 6.07) is 23.7. The van der Waals surface area contributed by atoms with Gasteiger partial charge in [0.15, 0.2) is 0 Å². The Bertz CT molecular complexity index is 2210. The third kappa shape index (κ3) is 6.99. The van der Waals surface area contributed by atoms with E-state index in [9.17, 15) is 19.1 Å². The van der Waals surface area contributed by atoms with Gasteiger partial charge in [-0.05, 0) is 67.6 Å². The molecule has 14 heteroatoms. The van der Waals surface area contributed by atoms with Gasteiger partial charge < -0.3 is 19.6 Å². The first kappa shape index (κ1) is 33.4. The van der Waals surface area contributed by atoms with Crippen LogP contribution in [-0.4, -0.2) is 61.7 Å². The van der Waals surface area contributed by atoms with E-state index in [4.69, 9.17) is 4.74 Å². The van der Waals surface area contributed by atoms with Gasteiger partial charge in [-0.15, -0.1) is 0 Å².